The summed E-state index contributed by atoms with van der Waals surface area (Å²) in [6.07, 6.45) is 2.40. The van der Waals surface area contributed by atoms with Crippen LogP contribution in [-0.2, 0) is 9.53 Å². The van der Waals surface area contributed by atoms with Gasteiger partial charge in [-0.15, -0.1) is 0 Å². The van der Waals surface area contributed by atoms with Gasteiger partial charge < -0.3 is 14.5 Å². The minimum Gasteiger partial charge on any atom is -0.423 e. The number of ether oxygens (including phenoxy) is 1. The van der Waals surface area contributed by atoms with E-state index < -0.39 is 0 Å². The molecule has 5 heteroatoms. The summed E-state index contributed by atoms with van der Waals surface area (Å²) >= 11 is 0. The summed E-state index contributed by atoms with van der Waals surface area (Å²) in [6, 6.07) is 5.14. The second-order valence-corrected chi connectivity index (χ2v) is 6.22. The molecule has 122 valence electrons. The molecule has 1 fully saturated rings. The SMILES string of the molecule is Cc1cc2oc(=O)cc(C)c2cc1NC(=O)CC1CCOCC1. The van der Waals surface area contributed by atoms with E-state index in [-0.39, 0.29) is 11.5 Å². The summed E-state index contributed by atoms with van der Waals surface area (Å²) < 4.78 is 10.5. The molecule has 1 aromatic carbocycles. The van der Waals surface area contributed by atoms with Crippen LogP contribution >= 0.6 is 0 Å². The minimum absolute atomic E-state index is 0.0226. The fourth-order valence-electron chi connectivity index (χ4n) is 3.02. The molecule has 23 heavy (non-hydrogen) atoms. The molecule has 0 unspecified atom stereocenters. The number of rotatable bonds is 3. The lowest BCUT2D eigenvalue weighted by atomic mass is 9.96. The van der Waals surface area contributed by atoms with Crippen molar-refractivity contribution in [3.8, 4) is 0 Å². The quantitative estimate of drug-likeness (QED) is 0.883. The van der Waals surface area contributed by atoms with Crippen molar-refractivity contribution in [2.45, 2.75) is 33.1 Å². The van der Waals surface area contributed by atoms with Gasteiger partial charge in [0.2, 0.25) is 5.91 Å². The zero-order valence-corrected chi connectivity index (χ0v) is 13.5. The Morgan fingerprint density at radius 3 is 2.65 bits per heavy atom. The number of benzene rings is 1. The molecule has 0 aliphatic carbocycles. The lowest BCUT2D eigenvalue weighted by Crippen LogP contribution is -2.22. The third-order valence-corrected chi connectivity index (χ3v) is 4.39. The molecular weight excluding hydrogens is 294 g/mol. The van der Waals surface area contributed by atoms with Gasteiger partial charge in [-0.1, -0.05) is 0 Å². The molecule has 0 bridgehead atoms. The highest BCUT2D eigenvalue weighted by Crippen LogP contribution is 2.26. The van der Waals surface area contributed by atoms with E-state index in [0.29, 0.717) is 17.9 Å². The summed E-state index contributed by atoms with van der Waals surface area (Å²) in [5, 5.41) is 3.84. The van der Waals surface area contributed by atoms with Crippen LogP contribution in [0.2, 0.25) is 0 Å². The molecule has 5 nitrogen and oxygen atoms in total. The molecule has 0 spiro atoms. The van der Waals surface area contributed by atoms with Gasteiger partial charge in [-0.3, -0.25) is 4.79 Å². The first-order chi connectivity index (χ1) is 11.0. The van der Waals surface area contributed by atoms with Crippen molar-refractivity contribution >= 4 is 22.6 Å². The summed E-state index contributed by atoms with van der Waals surface area (Å²) in [5.74, 6) is 0.415. The Labute approximate surface area is 134 Å². The number of anilines is 1. The van der Waals surface area contributed by atoms with Crippen molar-refractivity contribution in [1.82, 2.24) is 0 Å². The van der Waals surface area contributed by atoms with E-state index >= 15 is 0 Å². The van der Waals surface area contributed by atoms with Crippen molar-refractivity contribution in [2.24, 2.45) is 5.92 Å². The highest BCUT2D eigenvalue weighted by atomic mass is 16.5. The van der Waals surface area contributed by atoms with Crippen molar-refractivity contribution in [2.75, 3.05) is 18.5 Å². The average Bonchev–Trinajstić information content (AvgIpc) is 2.49. The minimum atomic E-state index is -0.356. The Kier molecular flexibility index (Phi) is 4.48. The zero-order chi connectivity index (χ0) is 16.4. The molecule has 3 rings (SSSR count). The Morgan fingerprint density at radius 1 is 1.17 bits per heavy atom. The van der Waals surface area contributed by atoms with Crippen molar-refractivity contribution in [1.29, 1.82) is 0 Å². The fraction of sp³-hybridized carbons (Fsp3) is 0.444. The Hall–Kier alpha value is -2.14. The third kappa shape index (κ3) is 3.62. The van der Waals surface area contributed by atoms with Crippen LogP contribution in [0.1, 0.15) is 30.4 Å². The molecular formula is C18H21NO4. The van der Waals surface area contributed by atoms with Crippen LogP contribution in [0.25, 0.3) is 11.0 Å². The molecule has 1 saturated heterocycles. The van der Waals surface area contributed by atoms with Crippen LogP contribution in [0.3, 0.4) is 0 Å². The average molecular weight is 315 g/mol. The Bertz CT molecular complexity index is 787. The summed E-state index contributed by atoms with van der Waals surface area (Å²) in [4.78, 5) is 23.7. The number of carbonyl (C=O) groups excluding carboxylic acids is 1. The van der Waals surface area contributed by atoms with Gasteiger partial charge in [0.05, 0.1) is 0 Å². The molecule has 0 atom stereocenters. The van der Waals surface area contributed by atoms with Gasteiger partial charge in [-0.2, -0.15) is 0 Å². The first kappa shape index (κ1) is 15.7. The van der Waals surface area contributed by atoms with Gasteiger partial charge in [-0.25, -0.2) is 4.79 Å². The molecule has 0 saturated carbocycles. The number of fused-ring (bicyclic) bond motifs is 1. The van der Waals surface area contributed by atoms with Crippen LogP contribution in [0.15, 0.2) is 27.4 Å². The van der Waals surface area contributed by atoms with E-state index in [1.165, 1.54) is 6.07 Å². The predicted octanol–water partition coefficient (Wildman–Crippen LogP) is 3.17. The summed E-state index contributed by atoms with van der Waals surface area (Å²) in [6.45, 7) is 5.24. The number of hydrogen-bond acceptors (Lipinski definition) is 4. The number of hydrogen-bond donors (Lipinski definition) is 1. The van der Waals surface area contributed by atoms with Gasteiger partial charge >= 0.3 is 5.63 Å². The third-order valence-electron chi connectivity index (χ3n) is 4.39. The van der Waals surface area contributed by atoms with Crippen LogP contribution < -0.4 is 10.9 Å². The molecule has 2 aromatic rings. The monoisotopic (exact) mass is 315 g/mol. The highest BCUT2D eigenvalue weighted by molar-refractivity contribution is 5.95. The topological polar surface area (TPSA) is 68.5 Å². The van der Waals surface area contributed by atoms with Crippen LogP contribution in [0.4, 0.5) is 5.69 Å². The maximum atomic E-state index is 12.3. The molecule has 1 aliphatic rings. The number of nitrogens with one attached hydrogen (secondary N) is 1. The van der Waals surface area contributed by atoms with E-state index in [2.05, 4.69) is 5.32 Å². The second-order valence-electron chi connectivity index (χ2n) is 6.22. The van der Waals surface area contributed by atoms with E-state index in [1.807, 2.05) is 19.9 Å². The maximum absolute atomic E-state index is 12.3. The van der Waals surface area contributed by atoms with Gasteiger partial charge in [0, 0.05) is 36.8 Å². The molecule has 1 amide bonds. The lowest BCUT2D eigenvalue weighted by Gasteiger charge is -2.21. The first-order valence-corrected chi connectivity index (χ1v) is 7.95. The van der Waals surface area contributed by atoms with Crippen molar-refractivity contribution in [3.05, 3.63) is 39.7 Å². The fourth-order valence-corrected chi connectivity index (χ4v) is 3.02. The molecule has 1 aromatic heterocycles. The second kappa shape index (κ2) is 6.54. The van der Waals surface area contributed by atoms with Crippen molar-refractivity contribution < 1.29 is 13.9 Å². The summed E-state index contributed by atoms with van der Waals surface area (Å²) in [5.41, 5.74) is 2.69. The number of aryl methyl sites for hydroxylation is 2. The van der Waals surface area contributed by atoms with E-state index in [4.69, 9.17) is 9.15 Å². The molecule has 1 aliphatic heterocycles. The Morgan fingerprint density at radius 2 is 1.91 bits per heavy atom. The lowest BCUT2D eigenvalue weighted by molar-refractivity contribution is -0.117. The first-order valence-electron chi connectivity index (χ1n) is 7.95. The van der Waals surface area contributed by atoms with E-state index in [0.717, 1.165) is 48.3 Å². The largest absolute Gasteiger partial charge is 0.423 e. The van der Waals surface area contributed by atoms with Crippen LogP contribution in [-0.4, -0.2) is 19.1 Å². The van der Waals surface area contributed by atoms with E-state index in [1.54, 1.807) is 6.07 Å². The molecule has 0 radical (unpaired) electrons. The molecule has 1 N–H and O–H groups in total. The smallest absolute Gasteiger partial charge is 0.336 e. The molecule has 2 heterocycles. The van der Waals surface area contributed by atoms with Crippen LogP contribution in [0, 0.1) is 19.8 Å². The van der Waals surface area contributed by atoms with Gasteiger partial charge in [-0.05, 0) is 55.9 Å². The standard InChI is InChI=1S/C18H21NO4/c1-11-8-18(21)23-16-7-12(2)15(10-14(11)16)19-17(20)9-13-3-5-22-6-4-13/h7-8,10,13H,3-6,9H2,1-2H3,(H,19,20). The van der Waals surface area contributed by atoms with E-state index in [9.17, 15) is 9.59 Å². The van der Waals surface area contributed by atoms with Gasteiger partial charge in [0.25, 0.3) is 0 Å². The van der Waals surface area contributed by atoms with Crippen molar-refractivity contribution in [3.63, 3.8) is 0 Å². The van der Waals surface area contributed by atoms with Gasteiger partial charge in [0.1, 0.15) is 5.58 Å². The van der Waals surface area contributed by atoms with Gasteiger partial charge in [0.15, 0.2) is 0 Å². The number of carbonyl (C=O) groups is 1. The predicted molar refractivity (Wildman–Crippen MR) is 88.7 cm³/mol. The normalized spacial score (nSPS) is 15.7. The zero-order valence-electron chi connectivity index (χ0n) is 13.5. The van der Waals surface area contributed by atoms with Crippen LogP contribution in [0.5, 0.6) is 0 Å². The Balaban J connectivity index is 1.80. The highest BCUT2D eigenvalue weighted by Gasteiger charge is 2.18. The maximum Gasteiger partial charge on any atom is 0.336 e. The number of amides is 1. The summed E-state index contributed by atoms with van der Waals surface area (Å²) in [7, 11) is 0.